The molecule has 3 fully saturated rings. The molecular formula is C39H57NO4. The number of benzene rings is 1. The van der Waals surface area contributed by atoms with Crippen molar-refractivity contribution in [2.45, 2.75) is 159 Å². The molecule has 0 radical (unpaired) electrons. The van der Waals surface area contributed by atoms with Crippen LogP contribution in [-0.2, 0) is 16.6 Å². The molecule has 5 nitrogen and oxygen atoms in total. The first-order chi connectivity index (χ1) is 21.5. The Morgan fingerprint density at radius 3 is 2.45 bits per heavy atom. The molecule has 6 rings (SSSR count). The van der Waals surface area contributed by atoms with Crippen LogP contribution in [0, 0.1) is 5.92 Å². The van der Waals surface area contributed by atoms with E-state index in [0.29, 0.717) is 17.9 Å². The van der Waals surface area contributed by atoms with Gasteiger partial charge in [-0.3, -0.25) is 9.69 Å². The van der Waals surface area contributed by atoms with E-state index in [-0.39, 0.29) is 18.1 Å². The van der Waals surface area contributed by atoms with Crippen LogP contribution in [0.15, 0.2) is 36.4 Å². The highest BCUT2D eigenvalue weighted by Crippen LogP contribution is 2.66. The molecule has 1 saturated heterocycles. The minimum absolute atomic E-state index is 0.115. The number of likely N-dealkylation sites (tertiary alicyclic amines) is 1. The molecule has 1 aromatic carbocycles. The molecule has 1 spiro atoms. The van der Waals surface area contributed by atoms with Crippen molar-refractivity contribution in [2.24, 2.45) is 5.92 Å². The van der Waals surface area contributed by atoms with E-state index in [9.17, 15) is 9.90 Å². The van der Waals surface area contributed by atoms with E-state index < -0.39 is 11.0 Å². The maximum Gasteiger partial charge on any atom is 0.311 e. The molecule has 2 heterocycles. The number of esters is 1. The summed E-state index contributed by atoms with van der Waals surface area (Å²) < 4.78 is 12.7. The molecule has 4 atom stereocenters. The lowest BCUT2D eigenvalue weighted by molar-refractivity contribution is -0.174. The van der Waals surface area contributed by atoms with E-state index in [2.05, 4.69) is 36.6 Å². The minimum Gasteiger partial charge on any atom is -0.481 e. The number of carbonyl (C=O) groups excluding carboxylic acids is 1. The average Bonchev–Trinajstić information content (AvgIpc) is 3.76. The zero-order valence-corrected chi connectivity index (χ0v) is 27.4. The van der Waals surface area contributed by atoms with Crippen LogP contribution in [0.4, 0.5) is 0 Å². The molecule has 44 heavy (non-hydrogen) atoms. The van der Waals surface area contributed by atoms with E-state index in [1.165, 1.54) is 82.6 Å². The first-order valence-corrected chi connectivity index (χ1v) is 18.3. The molecule has 242 valence electrons. The van der Waals surface area contributed by atoms with Crippen LogP contribution < -0.4 is 9.47 Å². The number of nitrogens with zero attached hydrogens (tertiary/aromatic N) is 1. The van der Waals surface area contributed by atoms with Crippen LogP contribution >= 0.6 is 0 Å². The third kappa shape index (κ3) is 6.30. The number of allylic oxidation sites excluding steroid dienone is 2. The molecule has 2 bridgehead atoms. The van der Waals surface area contributed by atoms with Gasteiger partial charge in [0.1, 0.15) is 6.10 Å². The van der Waals surface area contributed by atoms with Crippen molar-refractivity contribution in [1.29, 1.82) is 0 Å². The number of rotatable bonds is 18. The number of unbranched alkanes of at least 4 members (excludes halogenated alkanes) is 11. The fourth-order valence-corrected chi connectivity index (χ4v) is 8.98. The van der Waals surface area contributed by atoms with Gasteiger partial charge in [-0.25, -0.2) is 0 Å². The van der Waals surface area contributed by atoms with Crippen LogP contribution in [0.1, 0.15) is 140 Å². The van der Waals surface area contributed by atoms with Crippen molar-refractivity contribution in [3.8, 4) is 11.5 Å². The van der Waals surface area contributed by atoms with Gasteiger partial charge in [-0.1, -0.05) is 83.1 Å². The van der Waals surface area contributed by atoms with Gasteiger partial charge in [-0.15, -0.1) is 0 Å². The minimum atomic E-state index is -0.837. The van der Waals surface area contributed by atoms with Crippen LogP contribution in [0.3, 0.4) is 0 Å². The largest absolute Gasteiger partial charge is 0.481 e. The summed E-state index contributed by atoms with van der Waals surface area (Å²) in [4.78, 5) is 15.5. The Hall–Kier alpha value is -2.11. The first kappa shape index (κ1) is 31.9. The monoisotopic (exact) mass is 603 g/mol. The molecule has 3 aliphatic carbocycles. The fraction of sp³-hybridized carbons (Fsp3) is 0.718. The standard InChI is InChI=1S/C39H57NO4/c1-3-4-5-6-7-8-9-10-11-12-13-14-15-16-17-18-34(41)43-32-22-21-31-27-33-39(42)24-23-29(2)37-38(39,35(31)36(32)44-37)25-26-40(33)28-30-19-20-30/h10-11,21-22,30,33,37,42H,2-9,12-20,23-28H2,1H3/t33?,37-,38-,39+/m0/s1. The zero-order valence-electron chi connectivity index (χ0n) is 27.4. The van der Waals surface area contributed by atoms with Gasteiger partial charge in [0.15, 0.2) is 11.5 Å². The van der Waals surface area contributed by atoms with Crippen molar-refractivity contribution < 1.29 is 19.4 Å². The van der Waals surface area contributed by atoms with Gasteiger partial charge in [-0.05, 0) is 100 Å². The molecule has 5 heteroatoms. The highest BCUT2D eigenvalue weighted by Gasteiger charge is 2.72. The second-order valence-corrected chi connectivity index (χ2v) is 14.7. The number of hydrogen-bond acceptors (Lipinski definition) is 5. The highest BCUT2D eigenvalue weighted by molar-refractivity contribution is 5.75. The van der Waals surface area contributed by atoms with Crippen molar-refractivity contribution in [3.05, 3.63) is 47.6 Å². The molecular weight excluding hydrogens is 546 g/mol. The maximum atomic E-state index is 13.0. The van der Waals surface area contributed by atoms with E-state index in [1.807, 2.05) is 6.07 Å². The predicted octanol–water partition coefficient (Wildman–Crippen LogP) is 8.75. The average molecular weight is 604 g/mol. The third-order valence-electron chi connectivity index (χ3n) is 11.6. The Kier molecular flexibility index (Phi) is 10.2. The van der Waals surface area contributed by atoms with E-state index in [1.54, 1.807) is 0 Å². The van der Waals surface area contributed by atoms with Crippen LogP contribution in [0.25, 0.3) is 0 Å². The smallest absolute Gasteiger partial charge is 0.311 e. The summed E-state index contributed by atoms with van der Waals surface area (Å²) in [5, 5.41) is 12.5. The Balaban J connectivity index is 0.975. The SMILES string of the molecule is C=C1CC[C@@]2(O)C3Cc4ccc(OC(=O)CCCCCCCC=CCCCCCCCC)c5c4[C@@]2(CCN3CC2CC2)[C@H]1O5. The van der Waals surface area contributed by atoms with Gasteiger partial charge in [-0.2, -0.15) is 0 Å². The first-order valence-electron chi connectivity index (χ1n) is 18.3. The van der Waals surface area contributed by atoms with Crippen molar-refractivity contribution in [2.75, 3.05) is 13.1 Å². The molecule has 5 aliphatic rings. The molecule has 1 N–H and O–H groups in total. The van der Waals surface area contributed by atoms with Crippen molar-refractivity contribution in [3.63, 3.8) is 0 Å². The van der Waals surface area contributed by atoms with Gasteiger partial charge in [0, 0.05) is 24.6 Å². The summed E-state index contributed by atoms with van der Waals surface area (Å²) >= 11 is 0. The second-order valence-electron chi connectivity index (χ2n) is 14.7. The molecule has 1 unspecified atom stereocenters. The van der Waals surface area contributed by atoms with Gasteiger partial charge >= 0.3 is 5.97 Å². The maximum absolute atomic E-state index is 13.0. The number of aliphatic hydroxyl groups is 1. The van der Waals surface area contributed by atoms with Crippen LogP contribution in [0.5, 0.6) is 11.5 Å². The number of hydrogen-bond donors (Lipinski definition) is 1. The van der Waals surface area contributed by atoms with E-state index >= 15 is 0 Å². The summed E-state index contributed by atoms with van der Waals surface area (Å²) in [5.74, 6) is 1.83. The Labute approximate surface area is 266 Å². The number of piperidine rings is 1. The summed E-state index contributed by atoms with van der Waals surface area (Å²) in [6.45, 7) is 8.76. The lowest BCUT2D eigenvalue weighted by Crippen LogP contribution is -2.75. The van der Waals surface area contributed by atoms with Gasteiger partial charge in [0.2, 0.25) is 0 Å². The Bertz CT molecular complexity index is 1200. The van der Waals surface area contributed by atoms with Crippen LogP contribution in [-0.4, -0.2) is 46.8 Å². The van der Waals surface area contributed by atoms with Gasteiger partial charge in [0.05, 0.1) is 11.0 Å². The Morgan fingerprint density at radius 2 is 1.73 bits per heavy atom. The summed E-state index contributed by atoms with van der Waals surface area (Å²) in [7, 11) is 0. The van der Waals surface area contributed by atoms with Gasteiger partial charge in [0.25, 0.3) is 0 Å². The Morgan fingerprint density at radius 1 is 1.02 bits per heavy atom. The second kappa shape index (κ2) is 14.1. The fourth-order valence-electron chi connectivity index (χ4n) is 8.98. The number of carbonyl (C=O) groups is 1. The molecule has 0 aromatic heterocycles. The van der Waals surface area contributed by atoms with E-state index in [0.717, 1.165) is 75.1 Å². The van der Waals surface area contributed by atoms with Crippen molar-refractivity contribution in [1.82, 2.24) is 4.90 Å². The summed E-state index contributed by atoms with van der Waals surface area (Å²) in [5.41, 5.74) is 2.11. The van der Waals surface area contributed by atoms with Crippen molar-refractivity contribution >= 4 is 5.97 Å². The summed E-state index contributed by atoms with van der Waals surface area (Å²) in [6, 6.07) is 4.19. The van der Waals surface area contributed by atoms with E-state index in [4.69, 9.17) is 9.47 Å². The molecule has 2 aliphatic heterocycles. The number of ether oxygens (including phenoxy) is 2. The molecule has 2 saturated carbocycles. The van der Waals surface area contributed by atoms with Crippen LogP contribution in [0.2, 0.25) is 0 Å². The molecule has 0 amide bonds. The van der Waals surface area contributed by atoms with Gasteiger partial charge < -0.3 is 14.6 Å². The normalized spacial score (nSPS) is 28.7. The topological polar surface area (TPSA) is 59.0 Å². The quantitative estimate of drug-likeness (QED) is 0.0787. The summed E-state index contributed by atoms with van der Waals surface area (Å²) in [6.07, 6.45) is 26.9. The highest BCUT2D eigenvalue weighted by atomic mass is 16.6. The molecule has 1 aromatic rings. The lowest BCUT2D eigenvalue weighted by atomic mass is 9.48. The third-order valence-corrected chi connectivity index (χ3v) is 11.6. The predicted molar refractivity (Wildman–Crippen MR) is 177 cm³/mol. The lowest BCUT2D eigenvalue weighted by Gasteiger charge is -2.63. The zero-order chi connectivity index (χ0) is 30.6.